The maximum atomic E-state index is 13.4. The zero-order chi connectivity index (χ0) is 29.3. The van der Waals surface area contributed by atoms with Crippen molar-refractivity contribution in [3.05, 3.63) is 107 Å². The number of pyridine rings is 2. The van der Waals surface area contributed by atoms with E-state index in [-0.39, 0.29) is 11.3 Å². The zero-order valence-electron chi connectivity index (χ0n) is 24.4. The Morgan fingerprint density at radius 2 is 1.79 bits per heavy atom. The monoisotopic (exact) mass is 558 g/mol. The molecule has 8 heteroatoms. The lowest BCUT2D eigenvalue weighted by Crippen LogP contribution is -2.37. The lowest BCUT2D eigenvalue weighted by molar-refractivity contribution is 0.0726. The molecule has 2 aromatic carbocycles. The lowest BCUT2D eigenvalue weighted by Gasteiger charge is -2.29. The number of nitrogens with one attached hydrogen (secondary N) is 1. The van der Waals surface area contributed by atoms with E-state index < -0.39 is 0 Å². The molecule has 0 bridgehead atoms. The summed E-state index contributed by atoms with van der Waals surface area (Å²) in [5, 5.41) is 4.24. The highest BCUT2D eigenvalue weighted by Crippen LogP contribution is 2.29. The number of carbonyl (C=O) groups excluding carboxylic acids is 1. The number of para-hydroxylation sites is 1. The highest BCUT2D eigenvalue weighted by atomic mass is 16.5. The number of hydrogen-bond donors (Lipinski definition) is 1. The van der Waals surface area contributed by atoms with Crippen LogP contribution in [0.25, 0.3) is 22.3 Å². The van der Waals surface area contributed by atoms with Gasteiger partial charge in [0.1, 0.15) is 23.9 Å². The molecule has 3 aromatic heterocycles. The SMILES string of the molecule is CNc1nc(-c2cnc3ccccc3c2)nc2c1CCN(C(=O)c1ccc(COc3ccc(C(C)(C)C)cc3)cn1)C2. The van der Waals surface area contributed by atoms with Gasteiger partial charge in [0.05, 0.1) is 17.8 Å². The molecule has 0 radical (unpaired) electrons. The van der Waals surface area contributed by atoms with Gasteiger partial charge in [-0.2, -0.15) is 0 Å². The van der Waals surface area contributed by atoms with Crippen LogP contribution in [-0.2, 0) is 25.0 Å². The Bertz CT molecular complexity index is 1740. The van der Waals surface area contributed by atoms with Gasteiger partial charge in [-0.05, 0) is 47.7 Å². The summed E-state index contributed by atoms with van der Waals surface area (Å²) in [5.74, 6) is 2.05. The molecule has 1 aliphatic heterocycles. The highest BCUT2D eigenvalue weighted by molar-refractivity contribution is 5.92. The third-order valence-electron chi connectivity index (χ3n) is 7.61. The molecule has 8 nitrogen and oxygen atoms in total. The van der Waals surface area contributed by atoms with Crippen LogP contribution in [0.15, 0.2) is 79.1 Å². The van der Waals surface area contributed by atoms with E-state index in [1.807, 2.05) is 55.6 Å². The van der Waals surface area contributed by atoms with Crippen LogP contribution in [0.2, 0.25) is 0 Å². The summed E-state index contributed by atoms with van der Waals surface area (Å²) in [7, 11) is 1.86. The fraction of sp³-hybridized carbons (Fsp3) is 0.265. The van der Waals surface area contributed by atoms with Crippen molar-refractivity contribution >= 4 is 22.6 Å². The van der Waals surface area contributed by atoms with Gasteiger partial charge in [-0.3, -0.25) is 14.8 Å². The standard InChI is InChI=1S/C34H34N6O2/c1-34(2,3)25-10-12-26(13-11-25)42-21-22-9-14-29(36-18-22)33(41)40-16-15-27-30(20-40)38-31(39-32(27)35-4)24-17-23-7-5-6-8-28(23)37-19-24/h5-14,17-19H,15-16,20-21H2,1-4H3,(H,35,38,39). The maximum Gasteiger partial charge on any atom is 0.272 e. The summed E-state index contributed by atoms with van der Waals surface area (Å²) in [4.78, 5) is 34.0. The van der Waals surface area contributed by atoms with Crippen LogP contribution in [0.3, 0.4) is 0 Å². The van der Waals surface area contributed by atoms with E-state index in [0.717, 1.165) is 44.9 Å². The fourth-order valence-corrected chi connectivity index (χ4v) is 5.15. The van der Waals surface area contributed by atoms with Gasteiger partial charge in [0.2, 0.25) is 0 Å². The first kappa shape index (κ1) is 27.3. The van der Waals surface area contributed by atoms with Crippen LogP contribution < -0.4 is 10.1 Å². The van der Waals surface area contributed by atoms with Crippen LogP contribution in [-0.4, -0.2) is 44.3 Å². The Labute approximate surface area is 245 Å². The molecule has 1 N–H and O–H groups in total. The molecule has 1 amide bonds. The largest absolute Gasteiger partial charge is 0.489 e. The third kappa shape index (κ3) is 5.65. The van der Waals surface area contributed by atoms with Gasteiger partial charge < -0.3 is 15.0 Å². The lowest BCUT2D eigenvalue weighted by atomic mass is 9.87. The first-order valence-corrected chi connectivity index (χ1v) is 14.2. The van der Waals surface area contributed by atoms with Crippen molar-refractivity contribution in [2.75, 3.05) is 18.9 Å². The summed E-state index contributed by atoms with van der Waals surface area (Å²) in [6, 6.07) is 21.9. The minimum absolute atomic E-state index is 0.0976. The number of nitrogens with zero attached hydrogens (tertiary/aromatic N) is 5. The van der Waals surface area contributed by atoms with Crippen LogP contribution in [0.5, 0.6) is 5.75 Å². The molecule has 212 valence electrons. The Kier molecular flexibility index (Phi) is 7.29. The predicted molar refractivity (Wildman–Crippen MR) is 164 cm³/mol. The van der Waals surface area contributed by atoms with E-state index in [2.05, 4.69) is 48.2 Å². The average Bonchev–Trinajstić information content (AvgIpc) is 3.02. The van der Waals surface area contributed by atoms with Crippen molar-refractivity contribution < 1.29 is 9.53 Å². The zero-order valence-corrected chi connectivity index (χ0v) is 24.4. The Morgan fingerprint density at radius 3 is 2.52 bits per heavy atom. The van der Waals surface area contributed by atoms with Crippen molar-refractivity contribution in [3.8, 4) is 17.1 Å². The average molecular weight is 559 g/mol. The van der Waals surface area contributed by atoms with E-state index in [1.165, 1.54) is 5.56 Å². The first-order valence-electron chi connectivity index (χ1n) is 14.2. The molecule has 1 aliphatic rings. The third-order valence-corrected chi connectivity index (χ3v) is 7.61. The van der Waals surface area contributed by atoms with Crippen molar-refractivity contribution in [1.29, 1.82) is 0 Å². The van der Waals surface area contributed by atoms with Gasteiger partial charge in [0.25, 0.3) is 5.91 Å². The molecule has 0 aliphatic carbocycles. The number of ether oxygens (including phenoxy) is 1. The quantitative estimate of drug-likeness (QED) is 0.265. The summed E-state index contributed by atoms with van der Waals surface area (Å²) < 4.78 is 5.95. The molecule has 0 saturated heterocycles. The normalized spacial score (nSPS) is 13.1. The Balaban J connectivity index is 1.15. The van der Waals surface area contributed by atoms with Crippen molar-refractivity contribution in [2.45, 2.75) is 45.8 Å². The fourth-order valence-electron chi connectivity index (χ4n) is 5.15. The topological polar surface area (TPSA) is 93.1 Å². The summed E-state index contributed by atoms with van der Waals surface area (Å²) >= 11 is 0. The van der Waals surface area contributed by atoms with Gasteiger partial charge in [-0.15, -0.1) is 0 Å². The Morgan fingerprint density at radius 1 is 0.976 bits per heavy atom. The number of hydrogen-bond acceptors (Lipinski definition) is 7. The van der Waals surface area contributed by atoms with Crippen molar-refractivity contribution in [2.24, 2.45) is 0 Å². The van der Waals surface area contributed by atoms with Gasteiger partial charge in [-0.1, -0.05) is 57.2 Å². The summed E-state index contributed by atoms with van der Waals surface area (Å²) in [5.41, 5.74) is 6.28. The molecule has 5 aromatic rings. The number of benzene rings is 2. The maximum absolute atomic E-state index is 13.4. The second-order valence-corrected chi connectivity index (χ2v) is 11.6. The molecular weight excluding hydrogens is 524 g/mol. The number of rotatable bonds is 6. The molecule has 4 heterocycles. The molecule has 0 spiro atoms. The van der Waals surface area contributed by atoms with Crippen LogP contribution >= 0.6 is 0 Å². The highest BCUT2D eigenvalue weighted by Gasteiger charge is 2.27. The number of fused-ring (bicyclic) bond motifs is 2. The van der Waals surface area contributed by atoms with Gasteiger partial charge in [-0.25, -0.2) is 9.97 Å². The van der Waals surface area contributed by atoms with Crippen LogP contribution in [0, 0.1) is 0 Å². The summed E-state index contributed by atoms with van der Waals surface area (Å²) in [6.45, 7) is 7.90. The van der Waals surface area contributed by atoms with E-state index in [4.69, 9.17) is 14.7 Å². The number of anilines is 1. The van der Waals surface area contributed by atoms with Crippen molar-refractivity contribution in [3.63, 3.8) is 0 Å². The molecule has 6 rings (SSSR count). The molecular formula is C34H34N6O2. The minimum Gasteiger partial charge on any atom is -0.489 e. The van der Waals surface area contributed by atoms with Gasteiger partial charge >= 0.3 is 0 Å². The van der Waals surface area contributed by atoms with Gasteiger partial charge in [0.15, 0.2) is 5.82 Å². The number of aromatic nitrogens is 4. The van der Waals surface area contributed by atoms with Crippen LogP contribution in [0.1, 0.15) is 53.6 Å². The molecule has 0 atom stereocenters. The number of amides is 1. The van der Waals surface area contributed by atoms with E-state index in [9.17, 15) is 4.79 Å². The van der Waals surface area contributed by atoms with E-state index in [0.29, 0.717) is 37.6 Å². The Hall–Kier alpha value is -4.85. The molecule has 0 fully saturated rings. The van der Waals surface area contributed by atoms with Crippen molar-refractivity contribution in [1.82, 2.24) is 24.8 Å². The second kappa shape index (κ2) is 11.2. The molecule has 0 unspecified atom stereocenters. The van der Waals surface area contributed by atoms with E-state index >= 15 is 0 Å². The van der Waals surface area contributed by atoms with E-state index in [1.54, 1.807) is 23.4 Å². The predicted octanol–water partition coefficient (Wildman–Crippen LogP) is 6.20. The van der Waals surface area contributed by atoms with Crippen LogP contribution in [0.4, 0.5) is 5.82 Å². The van der Waals surface area contributed by atoms with Gasteiger partial charge in [0, 0.05) is 48.1 Å². The summed E-state index contributed by atoms with van der Waals surface area (Å²) in [6.07, 6.45) is 4.17. The molecule has 42 heavy (non-hydrogen) atoms. The number of carbonyl (C=O) groups is 1. The molecule has 0 saturated carbocycles. The minimum atomic E-state index is -0.121. The second-order valence-electron chi connectivity index (χ2n) is 11.6. The smallest absolute Gasteiger partial charge is 0.272 e. The first-order chi connectivity index (χ1) is 20.3.